The largest absolute Gasteiger partial charge is 0.500 e. The molecule has 7 aromatic rings. The van der Waals surface area contributed by atoms with Gasteiger partial charge in [-0.05, 0) is 47.6 Å². The van der Waals surface area contributed by atoms with Gasteiger partial charge in [-0.3, -0.25) is 0 Å². The maximum absolute atomic E-state index is 14.7. The van der Waals surface area contributed by atoms with Crippen LogP contribution < -0.4 is 0 Å². The Morgan fingerprint density at radius 3 is 2.27 bits per heavy atom. The molecule has 0 fully saturated rings. The molecule has 0 aliphatic rings. The van der Waals surface area contributed by atoms with E-state index in [4.69, 9.17) is 8.53 Å². The zero-order valence-corrected chi connectivity index (χ0v) is 23.5. The molecule has 3 aromatic heterocycles. The molecule has 3 heterocycles. The summed E-state index contributed by atoms with van der Waals surface area (Å²) < 4.78 is 42.6. The van der Waals surface area contributed by atoms with Gasteiger partial charge in [0, 0.05) is 42.0 Å². The van der Waals surface area contributed by atoms with Crippen LogP contribution in [0.2, 0.25) is 0 Å². The summed E-state index contributed by atoms with van der Waals surface area (Å²) in [4.78, 5) is 8.53. The molecule has 0 aliphatic carbocycles. The van der Waals surface area contributed by atoms with Crippen LogP contribution in [0.15, 0.2) is 126 Å². The first-order valence-corrected chi connectivity index (χ1v) is 12.4. The van der Waals surface area contributed by atoms with Gasteiger partial charge < -0.3 is 14.4 Å². The van der Waals surface area contributed by atoms with E-state index in [2.05, 4.69) is 22.1 Å². The minimum Gasteiger partial charge on any atom is -0.500 e. The van der Waals surface area contributed by atoms with Crippen molar-refractivity contribution in [3.8, 4) is 33.6 Å². The molecule has 3 nitrogen and oxygen atoms in total. The Morgan fingerprint density at radius 2 is 1.55 bits per heavy atom. The summed E-state index contributed by atoms with van der Waals surface area (Å²) in [6.07, 6.45) is 3.13. The van der Waals surface area contributed by atoms with E-state index < -0.39 is 6.85 Å². The molecule has 40 heavy (non-hydrogen) atoms. The van der Waals surface area contributed by atoms with Gasteiger partial charge in [0.05, 0.1) is 11.1 Å². The third-order valence-corrected chi connectivity index (χ3v) is 6.28. The summed E-state index contributed by atoms with van der Waals surface area (Å²) in [5.74, 6) is -0.300. The van der Waals surface area contributed by atoms with Crippen LogP contribution in [-0.4, -0.2) is 9.97 Å². The number of aryl methyl sites for hydroxylation is 1. The van der Waals surface area contributed by atoms with E-state index in [1.165, 1.54) is 12.3 Å². The zero-order valence-electron chi connectivity index (χ0n) is 24.1. The van der Waals surface area contributed by atoms with Gasteiger partial charge in [0.2, 0.25) is 0 Å². The fourth-order valence-corrected chi connectivity index (χ4v) is 4.46. The maximum Gasteiger partial charge on any atom is 0.134 e. The molecule has 1 radical (unpaired) electrons. The predicted octanol–water partition coefficient (Wildman–Crippen LogP) is 9.11. The SMILES string of the molecule is Fc1ccc2c(oc3c(-c4ccccn4)[c-]ccc32)c1-c1ccccc1.[2H]C([2H])([2H])c1ccc(-c2[c-]cccc2)nc1.[Ir]. The molecule has 0 bridgehead atoms. The molecular weight excluding hydrogens is 676 g/mol. The maximum atomic E-state index is 14.7. The fourth-order valence-electron chi connectivity index (χ4n) is 4.46. The molecule has 0 atom stereocenters. The Hall–Kier alpha value is -4.44. The van der Waals surface area contributed by atoms with E-state index in [9.17, 15) is 4.39 Å². The number of aromatic nitrogens is 2. The van der Waals surface area contributed by atoms with Crippen LogP contribution in [0, 0.1) is 24.8 Å². The van der Waals surface area contributed by atoms with Crippen LogP contribution in [0.4, 0.5) is 4.39 Å². The summed E-state index contributed by atoms with van der Waals surface area (Å²) in [6, 6.07) is 39.2. The molecule has 7 rings (SSSR count). The van der Waals surface area contributed by atoms with Crippen LogP contribution in [0.3, 0.4) is 0 Å². The molecule has 0 amide bonds. The number of pyridine rings is 2. The molecule has 0 N–H and O–H groups in total. The van der Waals surface area contributed by atoms with Gasteiger partial charge in [0.1, 0.15) is 11.4 Å². The molecule has 197 valence electrons. The van der Waals surface area contributed by atoms with E-state index in [1.807, 2.05) is 78.9 Å². The number of rotatable bonds is 3. The summed E-state index contributed by atoms with van der Waals surface area (Å²) in [5, 5.41) is 1.81. The predicted molar refractivity (Wildman–Crippen MR) is 154 cm³/mol. The van der Waals surface area contributed by atoms with Gasteiger partial charge in [-0.25, -0.2) is 4.39 Å². The Morgan fingerprint density at radius 1 is 0.725 bits per heavy atom. The van der Waals surface area contributed by atoms with Crippen molar-refractivity contribution >= 4 is 21.9 Å². The van der Waals surface area contributed by atoms with Gasteiger partial charge >= 0.3 is 0 Å². The number of fused-ring (bicyclic) bond motifs is 3. The zero-order chi connectivity index (χ0) is 29.1. The molecular formula is C35H23FIrN2O-2. The minimum absolute atomic E-state index is 0. The summed E-state index contributed by atoms with van der Waals surface area (Å²) >= 11 is 0. The van der Waals surface area contributed by atoms with E-state index in [1.54, 1.807) is 30.5 Å². The smallest absolute Gasteiger partial charge is 0.134 e. The van der Waals surface area contributed by atoms with Crippen molar-refractivity contribution in [2.75, 3.05) is 0 Å². The van der Waals surface area contributed by atoms with Gasteiger partial charge in [0.25, 0.3) is 0 Å². The second-order valence-corrected chi connectivity index (χ2v) is 8.79. The van der Waals surface area contributed by atoms with Crippen molar-refractivity contribution in [2.24, 2.45) is 0 Å². The Kier molecular flexibility index (Phi) is 7.13. The third-order valence-electron chi connectivity index (χ3n) is 6.28. The normalized spacial score (nSPS) is 12.0. The monoisotopic (exact) mass is 702 g/mol. The Bertz CT molecular complexity index is 1960. The molecule has 0 unspecified atom stereocenters. The van der Waals surface area contributed by atoms with Gasteiger partial charge in [-0.2, -0.15) is 0 Å². The average molecular weight is 702 g/mol. The van der Waals surface area contributed by atoms with Gasteiger partial charge in [-0.1, -0.05) is 65.5 Å². The minimum atomic E-state index is -2.09. The number of hydrogen-bond acceptors (Lipinski definition) is 3. The second-order valence-electron chi connectivity index (χ2n) is 8.79. The Labute approximate surface area is 249 Å². The van der Waals surface area contributed by atoms with Crippen molar-refractivity contribution in [3.63, 3.8) is 0 Å². The number of halogens is 1. The molecule has 0 saturated carbocycles. The molecule has 5 heteroatoms. The third kappa shape index (κ3) is 5.48. The van der Waals surface area contributed by atoms with Gasteiger partial charge in [-0.15, -0.1) is 54.1 Å². The molecule has 0 spiro atoms. The van der Waals surface area contributed by atoms with Crippen LogP contribution in [0.5, 0.6) is 0 Å². The van der Waals surface area contributed by atoms with E-state index in [0.29, 0.717) is 16.7 Å². The summed E-state index contributed by atoms with van der Waals surface area (Å²) in [5.41, 5.74) is 5.88. The molecule has 4 aromatic carbocycles. The first-order valence-electron chi connectivity index (χ1n) is 13.9. The first kappa shape index (κ1) is 23.4. The first-order chi connectivity index (χ1) is 20.4. The second kappa shape index (κ2) is 12.2. The van der Waals surface area contributed by atoms with Crippen molar-refractivity contribution in [1.29, 1.82) is 0 Å². The summed E-state index contributed by atoms with van der Waals surface area (Å²) in [6.45, 7) is -2.09. The van der Waals surface area contributed by atoms with Crippen LogP contribution in [-0.2, 0) is 20.1 Å². The average Bonchev–Trinajstić information content (AvgIpc) is 3.41. The van der Waals surface area contributed by atoms with Crippen LogP contribution in [0.1, 0.15) is 9.68 Å². The topological polar surface area (TPSA) is 38.9 Å². The van der Waals surface area contributed by atoms with Crippen molar-refractivity contribution in [2.45, 2.75) is 6.85 Å². The fraction of sp³-hybridized carbons (Fsp3) is 0.0286. The molecule has 0 aliphatic heterocycles. The number of nitrogens with zero attached hydrogens (tertiary/aromatic N) is 2. The summed E-state index contributed by atoms with van der Waals surface area (Å²) in [7, 11) is 0. The standard InChI is InChI=1S/C23H13FNO.C12H10N.Ir/c24-19-13-12-17-16-9-6-10-18(20-11-4-5-14-25-20)22(16)26-23(17)21(19)15-7-2-1-3-8-15;1-10-7-8-12(13-9-10)11-5-3-2-4-6-11;/h1-9,11-14H;2-5,7-9H,1H3;/q2*-1;/i;1D3;. The van der Waals surface area contributed by atoms with E-state index >= 15 is 0 Å². The van der Waals surface area contributed by atoms with Crippen molar-refractivity contribution in [1.82, 2.24) is 9.97 Å². The Balaban J connectivity index is 0.000000188. The van der Waals surface area contributed by atoms with Crippen LogP contribution >= 0.6 is 0 Å². The molecule has 0 saturated heterocycles. The van der Waals surface area contributed by atoms with E-state index in [0.717, 1.165) is 38.9 Å². The van der Waals surface area contributed by atoms with E-state index in [-0.39, 0.29) is 31.5 Å². The van der Waals surface area contributed by atoms with Crippen molar-refractivity contribution < 1.29 is 33.0 Å². The quantitative estimate of drug-likeness (QED) is 0.173. The number of hydrogen-bond donors (Lipinski definition) is 0. The number of furan rings is 1. The number of benzene rings is 4. The van der Waals surface area contributed by atoms with Crippen molar-refractivity contribution in [3.05, 3.63) is 145 Å². The van der Waals surface area contributed by atoms with Crippen LogP contribution in [0.25, 0.3) is 55.6 Å². The van der Waals surface area contributed by atoms with Gasteiger partial charge in [0.15, 0.2) is 0 Å².